The topological polar surface area (TPSA) is 84.5 Å². The molecule has 0 saturated carbocycles. The monoisotopic (exact) mass is 444 g/mol. The van der Waals surface area contributed by atoms with Crippen LogP contribution in [0.2, 0.25) is 0 Å². The van der Waals surface area contributed by atoms with Crippen LogP contribution in [0.25, 0.3) is 0 Å². The van der Waals surface area contributed by atoms with Crippen LogP contribution < -0.4 is 10.6 Å². The van der Waals surface area contributed by atoms with Gasteiger partial charge in [0.25, 0.3) is 5.91 Å². The van der Waals surface area contributed by atoms with Crippen LogP contribution in [-0.4, -0.2) is 24.4 Å². The molecule has 3 aromatic carbocycles. The van der Waals surface area contributed by atoms with Gasteiger partial charge in [-0.05, 0) is 48.2 Å². The van der Waals surface area contributed by atoms with Gasteiger partial charge in [0.15, 0.2) is 0 Å². The Morgan fingerprint density at radius 1 is 0.727 bits per heavy atom. The number of hydrogen-bond donors (Lipinski definition) is 2. The van der Waals surface area contributed by atoms with Gasteiger partial charge in [-0.15, -0.1) is 0 Å². The number of esters is 1. The van der Waals surface area contributed by atoms with Gasteiger partial charge in [-0.2, -0.15) is 0 Å². The van der Waals surface area contributed by atoms with E-state index in [1.165, 1.54) is 5.56 Å². The lowest BCUT2D eigenvalue weighted by Crippen LogP contribution is -2.22. The summed E-state index contributed by atoms with van der Waals surface area (Å²) in [6.45, 7) is 0.781. The maximum Gasteiger partial charge on any atom is 0.306 e. The van der Waals surface area contributed by atoms with Crippen LogP contribution >= 0.6 is 0 Å². The van der Waals surface area contributed by atoms with Crippen molar-refractivity contribution in [3.05, 3.63) is 102 Å². The van der Waals surface area contributed by atoms with E-state index in [4.69, 9.17) is 4.74 Å². The van der Waals surface area contributed by atoms with Gasteiger partial charge in [0.2, 0.25) is 5.91 Å². The van der Waals surface area contributed by atoms with E-state index < -0.39 is 0 Å². The number of benzene rings is 3. The first kappa shape index (κ1) is 23.7. The lowest BCUT2D eigenvalue weighted by Gasteiger charge is -2.08. The SMILES string of the molecule is O=C(CCC(=O)OCCCc1ccccc1)Nc1ccc(C(=O)NCc2ccccc2)cc1. The Hall–Kier alpha value is -3.93. The van der Waals surface area contributed by atoms with Crippen molar-refractivity contribution < 1.29 is 19.1 Å². The molecule has 2 N–H and O–H groups in total. The summed E-state index contributed by atoms with van der Waals surface area (Å²) in [4.78, 5) is 36.2. The zero-order valence-corrected chi connectivity index (χ0v) is 18.5. The quantitative estimate of drug-likeness (QED) is 0.337. The zero-order chi connectivity index (χ0) is 23.3. The molecule has 0 atom stereocenters. The van der Waals surface area contributed by atoms with Crippen molar-refractivity contribution in [3.63, 3.8) is 0 Å². The van der Waals surface area contributed by atoms with Crippen LogP contribution in [0.3, 0.4) is 0 Å². The van der Waals surface area contributed by atoms with Gasteiger partial charge in [-0.3, -0.25) is 14.4 Å². The Bertz CT molecular complexity index is 1030. The minimum absolute atomic E-state index is 0.0249. The molecule has 0 heterocycles. The predicted molar refractivity (Wildman–Crippen MR) is 128 cm³/mol. The molecule has 3 aromatic rings. The van der Waals surface area contributed by atoms with E-state index in [0.717, 1.165) is 18.4 Å². The van der Waals surface area contributed by atoms with Gasteiger partial charge in [0.1, 0.15) is 0 Å². The molecule has 33 heavy (non-hydrogen) atoms. The predicted octanol–water partition coefficient (Wildman–Crippen LogP) is 4.51. The normalized spacial score (nSPS) is 10.3. The first-order chi connectivity index (χ1) is 16.1. The maximum absolute atomic E-state index is 12.3. The van der Waals surface area contributed by atoms with Crippen molar-refractivity contribution in [3.8, 4) is 0 Å². The molecule has 6 nitrogen and oxygen atoms in total. The Morgan fingerprint density at radius 3 is 2.03 bits per heavy atom. The Kier molecular flexibility index (Phi) is 9.21. The number of hydrogen-bond acceptors (Lipinski definition) is 4. The summed E-state index contributed by atoms with van der Waals surface area (Å²) in [5.41, 5.74) is 3.29. The summed E-state index contributed by atoms with van der Waals surface area (Å²) in [7, 11) is 0. The fraction of sp³-hybridized carbons (Fsp3) is 0.222. The van der Waals surface area contributed by atoms with Crippen LogP contribution in [0.4, 0.5) is 5.69 Å². The van der Waals surface area contributed by atoms with Crippen molar-refractivity contribution in [1.82, 2.24) is 5.32 Å². The fourth-order valence-electron chi connectivity index (χ4n) is 3.20. The highest BCUT2D eigenvalue weighted by Gasteiger charge is 2.10. The van der Waals surface area contributed by atoms with E-state index in [1.54, 1.807) is 24.3 Å². The van der Waals surface area contributed by atoms with E-state index in [-0.39, 0.29) is 30.6 Å². The van der Waals surface area contributed by atoms with Crippen LogP contribution in [0.1, 0.15) is 40.7 Å². The Labute approximate surface area is 194 Å². The van der Waals surface area contributed by atoms with E-state index in [9.17, 15) is 14.4 Å². The molecule has 0 fully saturated rings. The number of carbonyl (C=O) groups is 3. The zero-order valence-electron chi connectivity index (χ0n) is 18.5. The molecule has 0 bridgehead atoms. The Morgan fingerprint density at radius 2 is 1.36 bits per heavy atom. The second-order valence-electron chi connectivity index (χ2n) is 7.60. The van der Waals surface area contributed by atoms with Crippen molar-refractivity contribution >= 4 is 23.5 Å². The molecular formula is C27H28N2O4. The highest BCUT2D eigenvalue weighted by atomic mass is 16.5. The number of nitrogens with one attached hydrogen (secondary N) is 2. The van der Waals surface area contributed by atoms with Gasteiger partial charge >= 0.3 is 5.97 Å². The van der Waals surface area contributed by atoms with E-state index in [2.05, 4.69) is 10.6 Å². The minimum Gasteiger partial charge on any atom is -0.466 e. The van der Waals surface area contributed by atoms with E-state index in [1.807, 2.05) is 60.7 Å². The maximum atomic E-state index is 12.3. The lowest BCUT2D eigenvalue weighted by atomic mass is 10.1. The highest BCUT2D eigenvalue weighted by molar-refractivity contribution is 5.96. The standard InChI is InChI=1S/C27H28N2O4/c30-25(17-18-26(31)33-19-7-12-21-8-3-1-4-9-21)29-24-15-13-23(14-16-24)27(32)28-20-22-10-5-2-6-11-22/h1-6,8-11,13-16H,7,12,17-20H2,(H,28,32)(H,29,30). The first-order valence-corrected chi connectivity index (χ1v) is 11.0. The fourth-order valence-corrected chi connectivity index (χ4v) is 3.20. The van der Waals surface area contributed by atoms with E-state index >= 15 is 0 Å². The molecule has 0 radical (unpaired) electrons. The summed E-state index contributed by atoms with van der Waals surface area (Å²) in [6, 6.07) is 26.3. The molecule has 0 aromatic heterocycles. The van der Waals surface area contributed by atoms with Gasteiger partial charge in [-0.1, -0.05) is 60.7 Å². The second kappa shape index (κ2) is 12.8. The smallest absolute Gasteiger partial charge is 0.306 e. The highest BCUT2D eigenvalue weighted by Crippen LogP contribution is 2.11. The molecule has 0 aliphatic carbocycles. The van der Waals surface area contributed by atoms with Crippen molar-refractivity contribution in [2.24, 2.45) is 0 Å². The Balaban J connectivity index is 1.32. The van der Waals surface area contributed by atoms with Crippen LogP contribution in [0, 0.1) is 0 Å². The van der Waals surface area contributed by atoms with E-state index in [0.29, 0.717) is 24.4 Å². The van der Waals surface area contributed by atoms with Crippen molar-refractivity contribution in [2.45, 2.75) is 32.2 Å². The molecule has 0 aliphatic rings. The largest absolute Gasteiger partial charge is 0.466 e. The number of rotatable bonds is 11. The summed E-state index contributed by atoms with van der Waals surface area (Å²) < 4.78 is 5.20. The average Bonchev–Trinajstić information content (AvgIpc) is 2.85. The molecule has 0 saturated heterocycles. The third-order valence-corrected chi connectivity index (χ3v) is 5.00. The number of amides is 2. The molecule has 6 heteroatoms. The molecule has 0 aliphatic heterocycles. The summed E-state index contributed by atoms with van der Waals surface area (Å²) >= 11 is 0. The van der Waals surface area contributed by atoms with Gasteiger partial charge in [-0.25, -0.2) is 0 Å². The van der Waals surface area contributed by atoms with Gasteiger partial charge in [0.05, 0.1) is 13.0 Å². The van der Waals surface area contributed by atoms with Crippen LogP contribution in [-0.2, 0) is 27.3 Å². The second-order valence-corrected chi connectivity index (χ2v) is 7.60. The third-order valence-electron chi connectivity index (χ3n) is 5.00. The number of aryl methyl sites for hydroxylation is 1. The van der Waals surface area contributed by atoms with Crippen molar-refractivity contribution in [2.75, 3.05) is 11.9 Å². The first-order valence-electron chi connectivity index (χ1n) is 11.0. The van der Waals surface area contributed by atoms with Crippen molar-refractivity contribution in [1.29, 1.82) is 0 Å². The molecule has 0 unspecified atom stereocenters. The number of ether oxygens (including phenoxy) is 1. The lowest BCUT2D eigenvalue weighted by molar-refractivity contribution is -0.144. The molecule has 0 spiro atoms. The summed E-state index contributed by atoms with van der Waals surface area (Å²) in [5.74, 6) is -0.854. The molecule has 2 amide bonds. The van der Waals surface area contributed by atoms with Crippen LogP contribution in [0.15, 0.2) is 84.9 Å². The average molecular weight is 445 g/mol. The third kappa shape index (κ3) is 8.61. The number of anilines is 1. The molecule has 3 rings (SSSR count). The summed E-state index contributed by atoms with van der Waals surface area (Å²) in [6.07, 6.45) is 1.65. The van der Waals surface area contributed by atoms with Gasteiger partial charge < -0.3 is 15.4 Å². The molecular weight excluding hydrogens is 416 g/mol. The molecule has 170 valence electrons. The van der Waals surface area contributed by atoms with Crippen LogP contribution in [0.5, 0.6) is 0 Å². The van der Waals surface area contributed by atoms with Gasteiger partial charge in [0, 0.05) is 24.2 Å². The number of carbonyl (C=O) groups excluding carboxylic acids is 3. The minimum atomic E-state index is -0.386. The summed E-state index contributed by atoms with van der Waals surface area (Å²) in [5, 5.41) is 5.59.